The van der Waals surface area contributed by atoms with Crippen molar-refractivity contribution in [2.24, 2.45) is 0 Å². The molecule has 12 nitrogen and oxygen atoms in total. The van der Waals surface area contributed by atoms with E-state index in [1.165, 1.54) is 24.4 Å². The van der Waals surface area contributed by atoms with E-state index in [0.717, 1.165) is 10.2 Å². The van der Waals surface area contributed by atoms with Gasteiger partial charge in [0, 0.05) is 5.56 Å². The number of carboxylic acid groups (broad SMARTS) is 2. The summed E-state index contributed by atoms with van der Waals surface area (Å²) in [6.45, 7) is 3.71. The summed E-state index contributed by atoms with van der Waals surface area (Å²) in [5.41, 5.74) is 3.68. The third-order valence-corrected chi connectivity index (χ3v) is 5.94. The maximum Gasteiger partial charge on any atom is 0.342 e. The van der Waals surface area contributed by atoms with Gasteiger partial charge in [0.05, 0.1) is 18.5 Å². The molecule has 39 heavy (non-hydrogen) atoms. The molecule has 13 heteroatoms. The van der Waals surface area contributed by atoms with Crippen LogP contribution in [0.1, 0.15) is 33.2 Å². The Hall–Kier alpha value is -5.10. The van der Waals surface area contributed by atoms with Crippen LogP contribution < -0.4 is 26.3 Å². The SMILES string of the molecule is CCOc1cc(-c2c(C(=O)O)c(N)[nH]c(=O)c2C(=O)O)ccc1Oc1cnn(-c2ccc(C)cc2)c(=O)c1Cl. The number of nitrogens with zero attached hydrogens (tertiary/aromatic N) is 2. The Labute approximate surface area is 224 Å². The molecule has 0 amide bonds. The topological polar surface area (TPSA) is 187 Å². The van der Waals surface area contributed by atoms with E-state index < -0.39 is 45.6 Å². The largest absolute Gasteiger partial charge is 0.490 e. The minimum atomic E-state index is -1.65. The first-order chi connectivity index (χ1) is 18.5. The number of ether oxygens (including phenoxy) is 2. The first kappa shape index (κ1) is 26.9. The van der Waals surface area contributed by atoms with Crippen LogP contribution in [0.25, 0.3) is 16.8 Å². The highest BCUT2D eigenvalue weighted by Crippen LogP contribution is 2.39. The fourth-order valence-electron chi connectivity index (χ4n) is 3.83. The molecule has 0 aliphatic rings. The van der Waals surface area contributed by atoms with Gasteiger partial charge >= 0.3 is 11.9 Å². The summed E-state index contributed by atoms with van der Waals surface area (Å²) in [5.74, 6) is -3.71. The molecule has 0 saturated heterocycles. The zero-order valence-electron chi connectivity index (χ0n) is 20.5. The number of aromatic nitrogens is 3. The molecule has 4 aromatic rings. The lowest BCUT2D eigenvalue weighted by molar-refractivity contribution is 0.0695. The number of carbonyl (C=O) groups is 2. The zero-order valence-corrected chi connectivity index (χ0v) is 21.3. The second-order valence-corrected chi connectivity index (χ2v) is 8.55. The number of nitrogens with two attached hydrogens (primary N) is 1. The van der Waals surface area contributed by atoms with Crippen molar-refractivity contribution in [3.63, 3.8) is 0 Å². The summed E-state index contributed by atoms with van der Waals surface area (Å²) >= 11 is 6.31. The van der Waals surface area contributed by atoms with Crippen LogP contribution in [0.4, 0.5) is 5.82 Å². The Kier molecular flexibility index (Phi) is 7.40. The van der Waals surface area contributed by atoms with Gasteiger partial charge in [0.2, 0.25) is 0 Å². The highest BCUT2D eigenvalue weighted by atomic mass is 35.5. The minimum absolute atomic E-state index is 0.0115. The highest BCUT2D eigenvalue weighted by Gasteiger charge is 2.27. The molecule has 0 saturated carbocycles. The van der Waals surface area contributed by atoms with Crippen molar-refractivity contribution < 1.29 is 29.3 Å². The zero-order chi connectivity index (χ0) is 28.4. The number of aromatic amines is 1. The molecule has 200 valence electrons. The molecular formula is C26H21ClN4O8. The predicted molar refractivity (Wildman–Crippen MR) is 142 cm³/mol. The van der Waals surface area contributed by atoms with Gasteiger partial charge in [-0.3, -0.25) is 9.59 Å². The molecule has 2 aromatic carbocycles. The van der Waals surface area contributed by atoms with Crippen molar-refractivity contribution in [1.82, 2.24) is 14.8 Å². The normalized spacial score (nSPS) is 10.7. The smallest absolute Gasteiger partial charge is 0.342 e. The molecule has 0 unspecified atom stereocenters. The Bertz CT molecular complexity index is 1730. The number of anilines is 1. The van der Waals surface area contributed by atoms with Gasteiger partial charge in [-0.1, -0.05) is 35.4 Å². The second-order valence-electron chi connectivity index (χ2n) is 8.18. The molecule has 0 radical (unpaired) electrons. The van der Waals surface area contributed by atoms with Crippen LogP contribution in [0.5, 0.6) is 17.2 Å². The number of aromatic carboxylic acids is 2. The van der Waals surface area contributed by atoms with E-state index in [9.17, 15) is 29.4 Å². The number of halogens is 1. The number of nitrogen functional groups attached to an aromatic ring is 1. The van der Waals surface area contributed by atoms with Crippen molar-refractivity contribution in [2.45, 2.75) is 13.8 Å². The lowest BCUT2D eigenvalue weighted by atomic mass is 9.95. The van der Waals surface area contributed by atoms with Crippen molar-refractivity contribution >= 4 is 29.4 Å². The average molecular weight is 553 g/mol. The monoisotopic (exact) mass is 552 g/mol. The number of rotatable bonds is 8. The molecule has 2 heterocycles. The van der Waals surface area contributed by atoms with Crippen LogP contribution in [0, 0.1) is 6.92 Å². The van der Waals surface area contributed by atoms with E-state index in [-0.39, 0.29) is 34.4 Å². The van der Waals surface area contributed by atoms with Gasteiger partial charge in [-0.25, -0.2) is 9.59 Å². The summed E-state index contributed by atoms with van der Waals surface area (Å²) < 4.78 is 12.6. The number of benzene rings is 2. The Morgan fingerprint density at radius 3 is 2.31 bits per heavy atom. The summed E-state index contributed by atoms with van der Waals surface area (Å²) in [5, 5.41) is 23.2. The maximum absolute atomic E-state index is 12.9. The van der Waals surface area contributed by atoms with Crippen molar-refractivity contribution in [2.75, 3.05) is 12.3 Å². The fraction of sp³-hybridized carbons (Fsp3) is 0.115. The van der Waals surface area contributed by atoms with Gasteiger partial charge in [-0.15, -0.1) is 0 Å². The number of carboxylic acids is 2. The third-order valence-electron chi connectivity index (χ3n) is 5.59. The van der Waals surface area contributed by atoms with Gasteiger partial charge in [-0.2, -0.15) is 9.78 Å². The first-order valence-corrected chi connectivity index (χ1v) is 11.7. The highest BCUT2D eigenvalue weighted by molar-refractivity contribution is 6.31. The molecule has 0 aliphatic carbocycles. The van der Waals surface area contributed by atoms with E-state index >= 15 is 0 Å². The minimum Gasteiger partial charge on any atom is -0.490 e. The molecule has 0 fully saturated rings. The quantitative estimate of drug-likeness (QED) is 0.251. The van der Waals surface area contributed by atoms with Crippen LogP contribution in [0.3, 0.4) is 0 Å². The summed E-state index contributed by atoms with van der Waals surface area (Å²) in [6.07, 6.45) is 1.25. The van der Waals surface area contributed by atoms with E-state index in [1.807, 2.05) is 24.0 Å². The Morgan fingerprint density at radius 2 is 1.69 bits per heavy atom. The molecule has 4 rings (SSSR count). The van der Waals surface area contributed by atoms with Gasteiger partial charge in [-0.05, 0) is 43.7 Å². The number of aryl methyl sites for hydroxylation is 1. The number of H-pyrrole nitrogens is 1. The Morgan fingerprint density at radius 1 is 1.03 bits per heavy atom. The lowest BCUT2D eigenvalue weighted by Crippen LogP contribution is -2.24. The van der Waals surface area contributed by atoms with Crippen LogP contribution >= 0.6 is 11.6 Å². The average Bonchev–Trinajstić information content (AvgIpc) is 2.87. The van der Waals surface area contributed by atoms with Crippen molar-refractivity contribution in [3.8, 4) is 34.1 Å². The number of hydrogen-bond donors (Lipinski definition) is 4. The third kappa shape index (κ3) is 5.18. The first-order valence-electron chi connectivity index (χ1n) is 11.4. The lowest BCUT2D eigenvalue weighted by Gasteiger charge is -2.16. The maximum atomic E-state index is 12.9. The standard InChI is InChI=1S/C26H21ClN4O8/c1-3-38-16-10-13(18-19(25(34)35)22(28)30-23(32)20(18)26(36)37)6-9-15(16)39-17-11-29-31(24(33)21(17)27)14-7-4-12(2)5-8-14/h4-11H,3H2,1-2H3,(H,34,35)(H,36,37)(H3,28,30,32). The summed E-state index contributed by atoms with van der Waals surface area (Å²) in [4.78, 5) is 51.1. The number of nitrogens with one attached hydrogen (secondary N) is 1. The van der Waals surface area contributed by atoms with Gasteiger partial charge in [0.1, 0.15) is 16.9 Å². The molecule has 5 N–H and O–H groups in total. The van der Waals surface area contributed by atoms with E-state index in [1.54, 1.807) is 19.1 Å². The molecule has 0 bridgehead atoms. The van der Waals surface area contributed by atoms with E-state index in [2.05, 4.69) is 5.10 Å². The molecule has 0 aliphatic heterocycles. The second kappa shape index (κ2) is 10.7. The van der Waals surface area contributed by atoms with Crippen LogP contribution in [-0.2, 0) is 0 Å². The summed E-state index contributed by atoms with van der Waals surface area (Å²) in [6, 6.07) is 11.0. The molecular weight excluding hydrogens is 532 g/mol. The van der Waals surface area contributed by atoms with Gasteiger partial charge < -0.3 is 30.4 Å². The van der Waals surface area contributed by atoms with Gasteiger partial charge in [0.15, 0.2) is 22.3 Å². The molecule has 0 atom stereocenters. The van der Waals surface area contributed by atoms with Gasteiger partial charge in [0.25, 0.3) is 11.1 Å². The summed E-state index contributed by atoms with van der Waals surface area (Å²) in [7, 11) is 0. The molecule has 2 aromatic heterocycles. The Balaban J connectivity index is 1.82. The number of hydrogen-bond acceptors (Lipinski definition) is 8. The molecule has 0 spiro atoms. The van der Waals surface area contributed by atoms with Crippen molar-refractivity contribution in [1.29, 1.82) is 0 Å². The fourth-order valence-corrected chi connectivity index (χ4v) is 4.00. The van der Waals surface area contributed by atoms with Crippen LogP contribution in [0.2, 0.25) is 5.02 Å². The predicted octanol–water partition coefficient (Wildman–Crippen LogP) is 3.72. The van der Waals surface area contributed by atoms with E-state index in [4.69, 9.17) is 26.8 Å². The van der Waals surface area contributed by atoms with Crippen LogP contribution in [0.15, 0.2) is 58.3 Å². The van der Waals surface area contributed by atoms with Crippen LogP contribution in [-0.4, -0.2) is 43.5 Å². The van der Waals surface area contributed by atoms with Crippen molar-refractivity contribution in [3.05, 3.63) is 91.1 Å². The van der Waals surface area contributed by atoms with E-state index in [0.29, 0.717) is 5.69 Å². The number of pyridine rings is 1.